The second-order valence-corrected chi connectivity index (χ2v) is 21.5. The summed E-state index contributed by atoms with van der Waals surface area (Å²) in [5.41, 5.74) is 11.2. The first kappa shape index (κ1) is 37.3. The van der Waals surface area contributed by atoms with Crippen LogP contribution in [0.2, 0.25) is 0 Å². The molecule has 0 amide bonds. The zero-order valence-electron chi connectivity index (χ0n) is 35.5. The number of nitrogens with zero attached hydrogens (tertiary/aromatic N) is 1. The molecule has 12 rings (SSSR count). The number of hydrogen-bond acceptors (Lipinski definition) is 1. The minimum absolute atomic E-state index is 0.112. The summed E-state index contributed by atoms with van der Waals surface area (Å²) >= 11 is 0. The molecule has 0 fully saturated rings. The molecule has 63 heavy (non-hydrogen) atoms. The van der Waals surface area contributed by atoms with Gasteiger partial charge in [0, 0.05) is 22.5 Å². The summed E-state index contributed by atoms with van der Waals surface area (Å²) < 4.78 is 0. The first-order chi connectivity index (χ1) is 31.0. The van der Waals surface area contributed by atoms with Gasteiger partial charge in [-0.25, -0.2) is 0 Å². The average Bonchev–Trinajstić information content (AvgIpc) is 3.57. The Morgan fingerprint density at radius 3 is 1.29 bits per heavy atom. The van der Waals surface area contributed by atoms with Crippen LogP contribution in [-0.2, 0) is 5.41 Å². The Kier molecular flexibility index (Phi) is 8.60. The molecule has 11 aromatic rings. The second kappa shape index (κ2) is 14.5. The molecule has 11 aromatic carbocycles. The predicted octanol–water partition coefficient (Wildman–Crippen LogP) is 13.4. The van der Waals surface area contributed by atoms with Gasteiger partial charge in [0.2, 0.25) is 0 Å². The minimum Gasteiger partial charge on any atom is -0.310 e. The molecule has 0 atom stereocenters. The van der Waals surface area contributed by atoms with Crippen LogP contribution in [0.5, 0.6) is 0 Å². The Balaban J connectivity index is 1.05. The summed E-state index contributed by atoms with van der Waals surface area (Å²) in [4.78, 5) is 2.46. The molecule has 0 spiro atoms. The zero-order valence-corrected chi connectivity index (χ0v) is 36.5. The van der Waals surface area contributed by atoms with E-state index in [2.05, 4.69) is 255 Å². The standard InChI is InChI=1S/C61H45NSi/c1-61(2)57-26-16-15-25-55(57)56-36-35-49(41-58(56)61)62(48-33-31-43(32-34-48)42-17-7-3-8-18-42)50-37-44-27-29-46-39-54(40-47-30-28-45(38-50)59(44)60(46)47)63(51-19-9-4-10-20-51,52-21-11-5-12-22-52)53-23-13-6-14-24-53/h3-41H,1-2H3. The van der Waals surface area contributed by atoms with Gasteiger partial charge in [-0.3, -0.25) is 0 Å². The second-order valence-electron chi connectivity index (χ2n) is 17.7. The molecule has 1 aliphatic carbocycles. The first-order valence-electron chi connectivity index (χ1n) is 22.1. The maximum Gasteiger partial charge on any atom is 0.179 e. The van der Waals surface area contributed by atoms with Crippen LogP contribution >= 0.6 is 0 Å². The van der Waals surface area contributed by atoms with E-state index >= 15 is 0 Å². The normalized spacial score (nSPS) is 13.0. The summed E-state index contributed by atoms with van der Waals surface area (Å²) in [7, 11) is -2.72. The molecule has 0 saturated carbocycles. The Morgan fingerprint density at radius 1 is 0.317 bits per heavy atom. The highest BCUT2D eigenvalue weighted by Gasteiger charge is 2.42. The summed E-state index contributed by atoms with van der Waals surface area (Å²) in [6, 6.07) is 88.7. The van der Waals surface area contributed by atoms with Crippen molar-refractivity contribution in [1.29, 1.82) is 0 Å². The molecule has 0 unspecified atom stereocenters. The molecular formula is C61H45NSi. The van der Waals surface area contributed by atoms with Crippen LogP contribution in [-0.4, -0.2) is 8.07 Å². The predicted molar refractivity (Wildman–Crippen MR) is 271 cm³/mol. The number of benzene rings is 11. The third-order valence-electron chi connectivity index (χ3n) is 13.9. The van der Waals surface area contributed by atoms with Crippen molar-refractivity contribution < 1.29 is 0 Å². The fourth-order valence-corrected chi connectivity index (χ4v) is 15.8. The smallest absolute Gasteiger partial charge is 0.179 e. The van der Waals surface area contributed by atoms with Crippen LogP contribution in [0.25, 0.3) is 54.6 Å². The van der Waals surface area contributed by atoms with E-state index in [0.29, 0.717) is 0 Å². The van der Waals surface area contributed by atoms with Crippen LogP contribution in [0.4, 0.5) is 17.1 Å². The van der Waals surface area contributed by atoms with Crippen molar-refractivity contribution in [3.05, 3.63) is 248 Å². The van der Waals surface area contributed by atoms with Crippen LogP contribution in [0.1, 0.15) is 25.0 Å². The lowest BCUT2D eigenvalue weighted by atomic mass is 9.82. The van der Waals surface area contributed by atoms with Gasteiger partial charge in [-0.1, -0.05) is 214 Å². The third-order valence-corrected chi connectivity index (χ3v) is 18.6. The van der Waals surface area contributed by atoms with Gasteiger partial charge in [0.1, 0.15) is 0 Å². The third kappa shape index (κ3) is 5.83. The fourth-order valence-electron chi connectivity index (χ4n) is 10.9. The van der Waals surface area contributed by atoms with E-state index in [1.165, 1.54) is 86.4 Å². The van der Waals surface area contributed by atoms with Gasteiger partial charge in [-0.05, 0) is 123 Å². The maximum atomic E-state index is 2.51. The number of hydrogen-bond donors (Lipinski definition) is 0. The molecule has 2 heteroatoms. The molecule has 0 heterocycles. The highest BCUT2D eigenvalue weighted by atomic mass is 28.3. The Bertz CT molecular complexity index is 3290. The maximum absolute atomic E-state index is 2.72. The molecule has 0 N–H and O–H groups in total. The van der Waals surface area contributed by atoms with Crippen molar-refractivity contribution in [1.82, 2.24) is 0 Å². The van der Waals surface area contributed by atoms with Crippen LogP contribution in [0.15, 0.2) is 237 Å². The van der Waals surface area contributed by atoms with Crippen molar-refractivity contribution in [3.8, 4) is 22.3 Å². The van der Waals surface area contributed by atoms with Gasteiger partial charge in [0.15, 0.2) is 8.07 Å². The topological polar surface area (TPSA) is 3.24 Å². The zero-order chi connectivity index (χ0) is 42.1. The Labute approximate surface area is 370 Å². The first-order valence-corrected chi connectivity index (χ1v) is 24.1. The molecular weight excluding hydrogens is 775 g/mol. The minimum atomic E-state index is -2.72. The molecule has 1 aliphatic rings. The quantitative estimate of drug-likeness (QED) is 0.0839. The summed E-state index contributed by atoms with van der Waals surface area (Å²) in [6.07, 6.45) is 0. The van der Waals surface area contributed by atoms with Crippen molar-refractivity contribution in [2.45, 2.75) is 19.3 Å². The Hall–Kier alpha value is -7.52. The van der Waals surface area contributed by atoms with Crippen LogP contribution in [0, 0.1) is 0 Å². The van der Waals surface area contributed by atoms with Gasteiger partial charge in [0.05, 0.1) is 0 Å². The van der Waals surface area contributed by atoms with Crippen molar-refractivity contribution in [3.63, 3.8) is 0 Å². The van der Waals surface area contributed by atoms with Gasteiger partial charge >= 0.3 is 0 Å². The van der Waals surface area contributed by atoms with Gasteiger partial charge in [0.25, 0.3) is 0 Å². The summed E-state index contributed by atoms with van der Waals surface area (Å²) in [6.45, 7) is 4.73. The van der Waals surface area contributed by atoms with Gasteiger partial charge in [-0.2, -0.15) is 0 Å². The van der Waals surface area contributed by atoms with E-state index in [0.717, 1.165) is 17.1 Å². The van der Waals surface area contributed by atoms with Crippen LogP contribution in [0.3, 0.4) is 0 Å². The average molecular weight is 820 g/mol. The van der Waals surface area contributed by atoms with Crippen molar-refractivity contribution in [2.75, 3.05) is 4.90 Å². The van der Waals surface area contributed by atoms with Crippen molar-refractivity contribution in [2.24, 2.45) is 0 Å². The summed E-state index contributed by atoms with van der Waals surface area (Å²) in [5.74, 6) is 0. The number of fused-ring (bicyclic) bond motifs is 3. The molecule has 298 valence electrons. The van der Waals surface area contributed by atoms with Crippen LogP contribution < -0.4 is 25.6 Å². The van der Waals surface area contributed by atoms with E-state index in [1.807, 2.05) is 0 Å². The van der Waals surface area contributed by atoms with Gasteiger partial charge in [-0.15, -0.1) is 0 Å². The largest absolute Gasteiger partial charge is 0.310 e. The molecule has 1 nitrogen and oxygen atoms in total. The monoisotopic (exact) mass is 819 g/mol. The van der Waals surface area contributed by atoms with E-state index in [1.54, 1.807) is 0 Å². The highest BCUT2D eigenvalue weighted by molar-refractivity contribution is 7.20. The van der Waals surface area contributed by atoms with E-state index in [4.69, 9.17) is 0 Å². The van der Waals surface area contributed by atoms with Gasteiger partial charge < -0.3 is 4.90 Å². The molecule has 0 bridgehead atoms. The molecule has 0 aromatic heterocycles. The Morgan fingerprint density at radius 2 is 0.746 bits per heavy atom. The lowest BCUT2D eigenvalue weighted by molar-refractivity contribution is 0.660. The number of anilines is 3. The SMILES string of the molecule is CC1(C)c2ccccc2-c2ccc(N(c3ccc(-c4ccccc4)cc3)c3cc4ccc5cc([Si](c6ccccc6)(c6ccccc6)c6ccccc6)cc6ccc(c3)c4c56)cc21. The lowest BCUT2D eigenvalue weighted by Gasteiger charge is -2.35. The lowest BCUT2D eigenvalue weighted by Crippen LogP contribution is -2.74. The van der Waals surface area contributed by atoms with Crippen molar-refractivity contribution >= 4 is 78.2 Å². The summed E-state index contributed by atoms with van der Waals surface area (Å²) in [5, 5.41) is 13.2. The highest BCUT2D eigenvalue weighted by Crippen LogP contribution is 2.51. The molecule has 0 saturated heterocycles. The fraction of sp³-hybridized carbons (Fsp3) is 0.0492. The van der Waals surface area contributed by atoms with E-state index < -0.39 is 8.07 Å². The van der Waals surface area contributed by atoms with E-state index in [-0.39, 0.29) is 5.41 Å². The van der Waals surface area contributed by atoms with E-state index in [9.17, 15) is 0 Å². The number of rotatable bonds is 8. The molecule has 0 radical (unpaired) electrons. The molecule has 0 aliphatic heterocycles.